The summed E-state index contributed by atoms with van der Waals surface area (Å²) in [6.07, 6.45) is 4.02. The van der Waals surface area contributed by atoms with Crippen LogP contribution in [0.15, 0.2) is 11.8 Å². The lowest BCUT2D eigenvalue weighted by molar-refractivity contribution is -0.146. The SMILES string of the molecule is O=C1C=C(O)C2CCCC2O1. The summed E-state index contributed by atoms with van der Waals surface area (Å²) in [5, 5.41) is 9.31. The van der Waals surface area contributed by atoms with Crippen LogP contribution >= 0.6 is 0 Å². The predicted octanol–water partition coefficient (Wildman–Crippen LogP) is 1.15. The van der Waals surface area contributed by atoms with Crippen molar-refractivity contribution in [3.8, 4) is 0 Å². The quantitative estimate of drug-likeness (QED) is 0.532. The van der Waals surface area contributed by atoms with Crippen LogP contribution < -0.4 is 0 Å². The van der Waals surface area contributed by atoms with Gasteiger partial charge in [-0.2, -0.15) is 0 Å². The monoisotopic (exact) mass is 154 g/mol. The summed E-state index contributed by atoms with van der Waals surface area (Å²) in [5.74, 6) is -0.0953. The van der Waals surface area contributed by atoms with Crippen molar-refractivity contribution >= 4 is 5.97 Å². The van der Waals surface area contributed by atoms with Crippen LogP contribution in [0.3, 0.4) is 0 Å². The summed E-state index contributed by atoms with van der Waals surface area (Å²) >= 11 is 0. The Labute approximate surface area is 64.7 Å². The van der Waals surface area contributed by atoms with E-state index >= 15 is 0 Å². The zero-order valence-corrected chi connectivity index (χ0v) is 6.12. The van der Waals surface area contributed by atoms with Gasteiger partial charge in [0.1, 0.15) is 11.9 Å². The number of hydrogen-bond acceptors (Lipinski definition) is 3. The molecule has 2 aliphatic rings. The number of carbonyl (C=O) groups is 1. The summed E-state index contributed by atoms with van der Waals surface area (Å²) < 4.78 is 5.01. The third kappa shape index (κ3) is 1.00. The van der Waals surface area contributed by atoms with E-state index in [9.17, 15) is 9.90 Å². The van der Waals surface area contributed by atoms with Crippen molar-refractivity contribution in [3.05, 3.63) is 11.8 Å². The highest BCUT2D eigenvalue weighted by Crippen LogP contribution is 2.35. The second kappa shape index (κ2) is 2.26. The Morgan fingerprint density at radius 3 is 3.18 bits per heavy atom. The molecule has 1 heterocycles. The first-order valence-corrected chi connectivity index (χ1v) is 3.88. The van der Waals surface area contributed by atoms with Crippen molar-refractivity contribution in [1.82, 2.24) is 0 Å². The van der Waals surface area contributed by atoms with Crippen LogP contribution in [0.1, 0.15) is 19.3 Å². The number of aliphatic hydroxyl groups is 1. The van der Waals surface area contributed by atoms with Crippen molar-refractivity contribution < 1.29 is 14.6 Å². The molecule has 0 aromatic rings. The van der Waals surface area contributed by atoms with Gasteiger partial charge in [0.25, 0.3) is 0 Å². The van der Waals surface area contributed by atoms with Gasteiger partial charge in [-0.3, -0.25) is 0 Å². The number of carbonyl (C=O) groups excluding carboxylic acids is 1. The van der Waals surface area contributed by atoms with Crippen molar-refractivity contribution in [1.29, 1.82) is 0 Å². The zero-order chi connectivity index (χ0) is 7.84. The van der Waals surface area contributed by atoms with Gasteiger partial charge in [-0.15, -0.1) is 0 Å². The summed E-state index contributed by atoms with van der Waals surface area (Å²) in [4.78, 5) is 10.8. The van der Waals surface area contributed by atoms with Crippen molar-refractivity contribution in [2.75, 3.05) is 0 Å². The lowest BCUT2D eigenvalue weighted by Crippen LogP contribution is -2.27. The molecule has 0 radical (unpaired) electrons. The van der Waals surface area contributed by atoms with E-state index in [0.29, 0.717) is 0 Å². The predicted molar refractivity (Wildman–Crippen MR) is 37.9 cm³/mol. The van der Waals surface area contributed by atoms with Gasteiger partial charge in [-0.05, 0) is 19.3 Å². The fraction of sp³-hybridized carbons (Fsp3) is 0.625. The van der Waals surface area contributed by atoms with Gasteiger partial charge < -0.3 is 9.84 Å². The molecule has 60 valence electrons. The first-order chi connectivity index (χ1) is 5.27. The zero-order valence-electron chi connectivity index (χ0n) is 6.12. The average Bonchev–Trinajstić information content (AvgIpc) is 2.34. The summed E-state index contributed by atoms with van der Waals surface area (Å²) in [5.41, 5.74) is 0. The van der Waals surface area contributed by atoms with Crippen LogP contribution in [-0.4, -0.2) is 17.2 Å². The van der Waals surface area contributed by atoms with E-state index < -0.39 is 5.97 Å². The Balaban J connectivity index is 2.25. The Bertz CT molecular complexity index is 219. The van der Waals surface area contributed by atoms with Gasteiger partial charge in [-0.1, -0.05) is 0 Å². The fourth-order valence-electron chi connectivity index (χ4n) is 1.82. The molecule has 3 heteroatoms. The number of rotatable bonds is 0. The summed E-state index contributed by atoms with van der Waals surface area (Å²) in [6, 6.07) is 0. The molecule has 1 aliphatic carbocycles. The molecular formula is C8H10O3. The first kappa shape index (κ1) is 6.70. The standard InChI is InChI=1S/C8H10O3/c9-6-4-8(10)11-7-3-1-2-5(6)7/h4-5,7,9H,1-3H2. The Morgan fingerprint density at radius 2 is 2.36 bits per heavy atom. The lowest BCUT2D eigenvalue weighted by atomic mass is 10.0. The largest absolute Gasteiger partial charge is 0.512 e. The Morgan fingerprint density at radius 1 is 1.55 bits per heavy atom. The van der Waals surface area contributed by atoms with Gasteiger partial charge in [0, 0.05) is 0 Å². The molecule has 0 bridgehead atoms. The molecule has 11 heavy (non-hydrogen) atoms. The molecule has 1 aliphatic heterocycles. The van der Waals surface area contributed by atoms with Crippen LogP contribution in [0, 0.1) is 5.92 Å². The molecule has 3 nitrogen and oxygen atoms in total. The normalized spacial score (nSPS) is 36.0. The number of ether oxygens (including phenoxy) is 1. The highest BCUT2D eigenvalue weighted by atomic mass is 16.5. The van der Waals surface area contributed by atoms with Crippen LogP contribution in [0.5, 0.6) is 0 Å². The van der Waals surface area contributed by atoms with Crippen molar-refractivity contribution in [2.24, 2.45) is 5.92 Å². The molecule has 1 fully saturated rings. The lowest BCUT2D eigenvalue weighted by Gasteiger charge is -2.22. The maximum atomic E-state index is 10.8. The summed E-state index contributed by atoms with van der Waals surface area (Å²) in [6.45, 7) is 0. The topological polar surface area (TPSA) is 46.5 Å². The van der Waals surface area contributed by atoms with E-state index in [2.05, 4.69) is 0 Å². The minimum atomic E-state index is -0.398. The van der Waals surface area contributed by atoms with E-state index in [-0.39, 0.29) is 17.8 Å². The second-order valence-electron chi connectivity index (χ2n) is 3.08. The number of fused-ring (bicyclic) bond motifs is 1. The van der Waals surface area contributed by atoms with Gasteiger partial charge in [0.05, 0.1) is 12.0 Å². The maximum absolute atomic E-state index is 10.8. The van der Waals surface area contributed by atoms with Gasteiger partial charge in [0.2, 0.25) is 0 Å². The van der Waals surface area contributed by atoms with Crippen LogP contribution in [0.25, 0.3) is 0 Å². The molecule has 0 saturated heterocycles. The number of esters is 1. The smallest absolute Gasteiger partial charge is 0.334 e. The fourth-order valence-corrected chi connectivity index (χ4v) is 1.82. The molecule has 0 aromatic heterocycles. The molecule has 0 aromatic carbocycles. The van der Waals surface area contributed by atoms with E-state index in [4.69, 9.17) is 4.74 Å². The maximum Gasteiger partial charge on any atom is 0.334 e. The molecule has 2 rings (SSSR count). The molecule has 0 amide bonds. The van der Waals surface area contributed by atoms with Crippen LogP contribution in [0.4, 0.5) is 0 Å². The second-order valence-corrected chi connectivity index (χ2v) is 3.08. The molecular weight excluding hydrogens is 144 g/mol. The average molecular weight is 154 g/mol. The van der Waals surface area contributed by atoms with E-state index in [1.54, 1.807) is 0 Å². The minimum Gasteiger partial charge on any atom is -0.512 e. The van der Waals surface area contributed by atoms with Crippen molar-refractivity contribution in [3.63, 3.8) is 0 Å². The molecule has 0 spiro atoms. The number of hydrogen-bond donors (Lipinski definition) is 1. The van der Waals surface area contributed by atoms with Crippen LogP contribution in [-0.2, 0) is 9.53 Å². The third-order valence-electron chi connectivity index (χ3n) is 2.37. The third-order valence-corrected chi connectivity index (χ3v) is 2.37. The molecule has 1 N–H and O–H groups in total. The highest BCUT2D eigenvalue weighted by molar-refractivity contribution is 5.83. The molecule has 1 saturated carbocycles. The first-order valence-electron chi connectivity index (χ1n) is 3.88. The highest BCUT2D eigenvalue weighted by Gasteiger charge is 2.36. The van der Waals surface area contributed by atoms with Gasteiger partial charge >= 0.3 is 5.97 Å². The van der Waals surface area contributed by atoms with Crippen molar-refractivity contribution in [2.45, 2.75) is 25.4 Å². The molecule has 2 atom stereocenters. The Hall–Kier alpha value is -0.990. The van der Waals surface area contributed by atoms with Crippen LogP contribution in [0.2, 0.25) is 0 Å². The van der Waals surface area contributed by atoms with E-state index in [0.717, 1.165) is 19.3 Å². The van der Waals surface area contributed by atoms with E-state index in [1.807, 2.05) is 0 Å². The summed E-state index contributed by atoms with van der Waals surface area (Å²) in [7, 11) is 0. The minimum absolute atomic E-state index is 0.0486. The molecule has 2 unspecified atom stereocenters. The van der Waals surface area contributed by atoms with Gasteiger partial charge in [0.15, 0.2) is 0 Å². The van der Waals surface area contributed by atoms with E-state index in [1.165, 1.54) is 6.08 Å². The Kier molecular flexibility index (Phi) is 1.37. The van der Waals surface area contributed by atoms with Gasteiger partial charge in [-0.25, -0.2) is 4.79 Å². The number of aliphatic hydroxyl groups excluding tert-OH is 1.